The monoisotopic (exact) mass is 256 g/mol. The lowest BCUT2D eigenvalue weighted by Crippen LogP contribution is -2.20. The highest BCUT2D eigenvalue weighted by Crippen LogP contribution is 2.22. The van der Waals surface area contributed by atoms with E-state index in [1.54, 1.807) is 13.8 Å². The highest BCUT2D eigenvalue weighted by molar-refractivity contribution is 5.59. The van der Waals surface area contributed by atoms with Gasteiger partial charge < -0.3 is 5.11 Å². The fourth-order valence-electron chi connectivity index (χ4n) is 1.90. The van der Waals surface area contributed by atoms with Gasteiger partial charge in [0.05, 0.1) is 5.69 Å². The average molecular weight is 256 g/mol. The average Bonchev–Trinajstić information content (AvgIpc) is 2.37. The Balaban J connectivity index is 2.46. The van der Waals surface area contributed by atoms with Gasteiger partial charge in [-0.2, -0.15) is 0 Å². The lowest BCUT2D eigenvalue weighted by atomic mass is 10.1. The molecule has 2 rings (SSSR count). The molecule has 3 heteroatoms. The van der Waals surface area contributed by atoms with Crippen LogP contribution in [0.3, 0.4) is 0 Å². The molecule has 1 N–H and O–H groups in total. The second kappa shape index (κ2) is 5.10. The zero-order chi connectivity index (χ0) is 14.0. The minimum absolute atomic E-state index is 0.460. The summed E-state index contributed by atoms with van der Waals surface area (Å²) in [5.41, 5.74) is 3.05. The van der Waals surface area contributed by atoms with Crippen molar-refractivity contribution in [1.29, 1.82) is 0 Å². The van der Waals surface area contributed by atoms with E-state index < -0.39 is 5.60 Å². The molecule has 1 heterocycles. The summed E-state index contributed by atoms with van der Waals surface area (Å²) in [6.07, 6.45) is 1.03. The molecule has 0 bridgehead atoms. The van der Waals surface area contributed by atoms with Crippen LogP contribution in [0.2, 0.25) is 0 Å². The van der Waals surface area contributed by atoms with Gasteiger partial charge in [-0.05, 0) is 38.8 Å². The van der Waals surface area contributed by atoms with Crippen molar-refractivity contribution < 1.29 is 5.11 Å². The maximum Gasteiger partial charge on any atom is 0.160 e. The van der Waals surface area contributed by atoms with Crippen LogP contribution in [0.1, 0.15) is 37.9 Å². The highest BCUT2D eigenvalue weighted by atomic mass is 16.3. The van der Waals surface area contributed by atoms with Crippen molar-refractivity contribution in [2.75, 3.05) is 0 Å². The van der Waals surface area contributed by atoms with Crippen molar-refractivity contribution in [3.63, 3.8) is 0 Å². The van der Waals surface area contributed by atoms with Gasteiger partial charge in [-0.1, -0.05) is 31.2 Å². The zero-order valence-corrected chi connectivity index (χ0v) is 11.9. The third-order valence-electron chi connectivity index (χ3n) is 3.06. The van der Waals surface area contributed by atoms with Gasteiger partial charge in [0.25, 0.3) is 0 Å². The molecule has 0 amide bonds. The largest absolute Gasteiger partial charge is 0.382 e. The molecule has 0 saturated carbocycles. The standard InChI is InChI=1S/C16H20N2O/c1-5-12-6-8-13(9-7-12)14-10-11(2)17-15(18-14)16(3,4)19/h6-10,19H,5H2,1-4H3. The number of rotatable bonds is 3. The molecular formula is C16H20N2O. The minimum atomic E-state index is -1.02. The number of nitrogens with zero attached hydrogens (tertiary/aromatic N) is 2. The van der Waals surface area contributed by atoms with Gasteiger partial charge in [-0.3, -0.25) is 0 Å². The summed E-state index contributed by atoms with van der Waals surface area (Å²) in [6.45, 7) is 7.45. The van der Waals surface area contributed by atoms with Crippen molar-refractivity contribution in [1.82, 2.24) is 9.97 Å². The van der Waals surface area contributed by atoms with E-state index in [-0.39, 0.29) is 0 Å². The maximum absolute atomic E-state index is 10.0. The van der Waals surface area contributed by atoms with Crippen LogP contribution < -0.4 is 0 Å². The lowest BCUT2D eigenvalue weighted by molar-refractivity contribution is 0.0686. The van der Waals surface area contributed by atoms with E-state index in [1.807, 2.05) is 13.0 Å². The summed E-state index contributed by atoms with van der Waals surface area (Å²) in [7, 11) is 0. The number of aryl methyl sites for hydroxylation is 2. The van der Waals surface area contributed by atoms with Gasteiger partial charge >= 0.3 is 0 Å². The first-order chi connectivity index (χ1) is 8.90. The summed E-state index contributed by atoms with van der Waals surface area (Å²) < 4.78 is 0. The number of aliphatic hydroxyl groups is 1. The lowest BCUT2D eigenvalue weighted by Gasteiger charge is -2.17. The van der Waals surface area contributed by atoms with Crippen molar-refractivity contribution in [3.05, 3.63) is 47.4 Å². The van der Waals surface area contributed by atoms with Gasteiger partial charge in [0.2, 0.25) is 0 Å². The number of benzene rings is 1. The molecule has 1 aromatic carbocycles. The first-order valence-electron chi connectivity index (χ1n) is 6.58. The summed E-state index contributed by atoms with van der Waals surface area (Å²) in [5, 5.41) is 10.0. The molecule has 0 aliphatic rings. The van der Waals surface area contributed by atoms with E-state index in [0.717, 1.165) is 23.4 Å². The quantitative estimate of drug-likeness (QED) is 0.917. The highest BCUT2D eigenvalue weighted by Gasteiger charge is 2.20. The third-order valence-corrected chi connectivity index (χ3v) is 3.06. The Morgan fingerprint density at radius 3 is 2.26 bits per heavy atom. The van der Waals surface area contributed by atoms with E-state index >= 15 is 0 Å². The van der Waals surface area contributed by atoms with E-state index in [4.69, 9.17) is 0 Å². The second-order valence-electron chi connectivity index (χ2n) is 5.33. The molecule has 3 nitrogen and oxygen atoms in total. The van der Waals surface area contributed by atoms with Crippen molar-refractivity contribution in [2.24, 2.45) is 0 Å². The molecule has 19 heavy (non-hydrogen) atoms. The van der Waals surface area contributed by atoms with Crippen LogP contribution in [0.25, 0.3) is 11.3 Å². The Kier molecular flexibility index (Phi) is 3.67. The van der Waals surface area contributed by atoms with Gasteiger partial charge in [0.1, 0.15) is 5.60 Å². The third kappa shape index (κ3) is 3.18. The molecule has 0 atom stereocenters. The predicted octanol–water partition coefficient (Wildman–Crippen LogP) is 3.24. The maximum atomic E-state index is 10.0. The number of hydrogen-bond acceptors (Lipinski definition) is 3. The van der Waals surface area contributed by atoms with Crippen molar-refractivity contribution in [3.8, 4) is 11.3 Å². The smallest absolute Gasteiger partial charge is 0.160 e. The molecule has 0 spiro atoms. The molecule has 1 aromatic heterocycles. The van der Waals surface area contributed by atoms with Gasteiger partial charge in [-0.15, -0.1) is 0 Å². The van der Waals surface area contributed by atoms with E-state index in [2.05, 4.69) is 41.2 Å². The summed E-state index contributed by atoms with van der Waals surface area (Å²) in [6, 6.07) is 10.3. The van der Waals surface area contributed by atoms with E-state index in [9.17, 15) is 5.11 Å². The van der Waals surface area contributed by atoms with Gasteiger partial charge in [0, 0.05) is 11.3 Å². The fraction of sp³-hybridized carbons (Fsp3) is 0.375. The Morgan fingerprint density at radius 1 is 1.11 bits per heavy atom. The van der Waals surface area contributed by atoms with Crippen LogP contribution in [0.4, 0.5) is 0 Å². The van der Waals surface area contributed by atoms with Crippen LogP contribution in [-0.2, 0) is 12.0 Å². The molecule has 100 valence electrons. The Labute approximate surface area is 114 Å². The Morgan fingerprint density at radius 2 is 1.74 bits per heavy atom. The second-order valence-corrected chi connectivity index (χ2v) is 5.33. The molecule has 0 aliphatic heterocycles. The first kappa shape index (κ1) is 13.7. The normalized spacial score (nSPS) is 11.6. The van der Waals surface area contributed by atoms with Crippen molar-refractivity contribution in [2.45, 2.75) is 39.7 Å². The first-order valence-corrected chi connectivity index (χ1v) is 6.58. The molecule has 0 fully saturated rings. The van der Waals surface area contributed by atoms with E-state index in [1.165, 1.54) is 5.56 Å². The summed E-state index contributed by atoms with van der Waals surface area (Å²) >= 11 is 0. The van der Waals surface area contributed by atoms with Crippen LogP contribution in [-0.4, -0.2) is 15.1 Å². The SMILES string of the molecule is CCc1ccc(-c2cc(C)nc(C(C)(C)O)n2)cc1. The zero-order valence-electron chi connectivity index (χ0n) is 11.9. The molecule has 0 saturated heterocycles. The van der Waals surface area contributed by atoms with Gasteiger partial charge in [0.15, 0.2) is 5.82 Å². The minimum Gasteiger partial charge on any atom is -0.382 e. The number of hydrogen-bond donors (Lipinski definition) is 1. The summed E-state index contributed by atoms with van der Waals surface area (Å²) in [4.78, 5) is 8.77. The molecule has 2 aromatic rings. The molecular weight excluding hydrogens is 236 g/mol. The topological polar surface area (TPSA) is 46.0 Å². The Hall–Kier alpha value is -1.74. The number of aromatic nitrogens is 2. The summed E-state index contributed by atoms with van der Waals surface area (Å²) in [5.74, 6) is 0.460. The molecule has 0 aliphatic carbocycles. The van der Waals surface area contributed by atoms with E-state index in [0.29, 0.717) is 5.82 Å². The molecule has 0 unspecified atom stereocenters. The van der Waals surface area contributed by atoms with Gasteiger partial charge in [-0.25, -0.2) is 9.97 Å². The van der Waals surface area contributed by atoms with Crippen LogP contribution in [0.5, 0.6) is 0 Å². The Bertz CT molecular complexity index is 568. The predicted molar refractivity (Wildman–Crippen MR) is 76.8 cm³/mol. The fourth-order valence-corrected chi connectivity index (χ4v) is 1.90. The molecule has 0 radical (unpaired) electrons. The van der Waals surface area contributed by atoms with Crippen LogP contribution in [0, 0.1) is 6.92 Å². The van der Waals surface area contributed by atoms with Crippen molar-refractivity contribution >= 4 is 0 Å². The van der Waals surface area contributed by atoms with Crippen LogP contribution >= 0.6 is 0 Å². The van der Waals surface area contributed by atoms with Crippen LogP contribution in [0.15, 0.2) is 30.3 Å².